The summed E-state index contributed by atoms with van der Waals surface area (Å²) in [6, 6.07) is 14.4. The Morgan fingerprint density at radius 2 is 1.87 bits per heavy atom. The van der Waals surface area contributed by atoms with Crippen LogP contribution in [0, 0.1) is 0 Å². The predicted molar refractivity (Wildman–Crippen MR) is 113 cm³/mol. The normalized spacial score (nSPS) is 19.4. The Bertz CT molecular complexity index is 1050. The predicted octanol–water partition coefficient (Wildman–Crippen LogP) is 5.27. The van der Waals surface area contributed by atoms with Crippen molar-refractivity contribution in [3.05, 3.63) is 83.9 Å². The number of nitrogens with zero attached hydrogens (tertiary/aromatic N) is 3. The summed E-state index contributed by atoms with van der Waals surface area (Å²) in [5.74, 6) is 0. The van der Waals surface area contributed by atoms with Crippen LogP contribution in [0.2, 0.25) is 0 Å². The minimum absolute atomic E-state index is 0.0913. The third kappa shape index (κ3) is 3.67. The number of thiocarbonyl (C=S) groups is 1. The van der Waals surface area contributed by atoms with Gasteiger partial charge in [0.05, 0.1) is 23.3 Å². The monoisotopic (exact) mass is 430 g/mol. The third-order valence-electron chi connectivity index (χ3n) is 5.23. The minimum atomic E-state index is -4.40. The van der Waals surface area contributed by atoms with E-state index in [4.69, 9.17) is 12.2 Å². The van der Waals surface area contributed by atoms with E-state index in [1.165, 1.54) is 12.1 Å². The molecule has 8 heteroatoms. The number of hydrogen-bond donors (Lipinski definition) is 1. The van der Waals surface area contributed by atoms with Crippen LogP contribution in [0.15, 0.2) is 67.0 Å². The largest absolute Gasteiger partial charge is 0.416 e. The van der Waals surface area contributed by atoms with Crippen LogP contribution in [0.25, 0.3) is 5.69 Å². The summed E-state index contributed by atoms with van der Waals surface area (Å²) < 4.78 is 41.6. The van der Waals surface area contributed by atoms with E-state index in [1.807, 2.05) is 44.2 Å². The van der Waals surface area contributed by atoms with Crippen molar-refractivity contribution >= 4 is 17.3 Å². The summed E-state index contributed by atoms with van der Waals surface area (Å²) in [4.78, 5) is 6.57. The summed E-state index contributed by atoms with van der Waals surface area (Å²) in [6.45, 7) is 4.08. The summed E-state index contributed by atoms with van der Waals surface area (Å²) in [5.41, 5.74) is 1.43. The van der Waals surface area contributed by atoms with Gasteiger partial charge in [-0.3, -0.25) is 4.98 Å². The maximum Gasteiger partial charge on any atom is 0.416 e. The molecular weight excluding hydrogens is 409 g/mol. The molecule has 156 valence electrons. The van der Waals surface area contributed by atoms with Crippen LogP contribution in [0.5, 0.6) is 0 Å². The van der Waals surface area contributed by atoms with Gasteiger partial charge in [0.2, 0.25) is 0 Å². The molecule has 1 aliphatic rings. The summed E-state index contributed by atoms with van der Waals surface area (Å²) in [5, 5.41) is 3.96. The molecule has 0 bridgehead atoms. The van der Waals surface area contributed by atoms with E-state index in [9.17, 15) is 13.2 Å². The number of alkyl halides is 3. The van der Waals surface area contributed by atoms with Gasteiger partial charge in [-0.05, 0) is 68.5 Å². The van der Waals surface area contributed by atoms with Crippen molar-refractivity contribution < 1.29 is 13.2 Å². The van der Waals surface area contributed by atoms with Crippen molar-refractivity contribution in [3.63, 3.8) is 0 Å². The van der Waals surface area contributed by atoms with E-state index >= 15 is 0 Å². The Balaban J connectivity index is 1.83. The first-order chi connectivity index (χ1) is 14.3. The van der Waals surface area contributed by atoms with Gasteiger partial charge in [-0.25, -0.2) is 0 Å². The number of pyridine rings is 1. The number of hydrogen-bond acceptors (Lipinski definition) is 2. The second kappa shape index (κ2) is 7.75. The van der Waals surface area contributed by atoms with Crippen molar-refractivity contribution in [3.8, 4) is 5.69 Å². The molecule has 1 N–H and O–H groups in total. The molecule has 1 fully saturated rings. The van der Waals surface area contributed by atoms with Crippen LogP contribution in [0.3, 0.4) is 0 Å². The maximum atomic E-state index is 13.3. The van der Waals surface area contributed by atoms with Gasteiger partial charge in [-0.2, -0.15) is 13.2 Å². The first-order valence-corrected chi connectivity index (χ1v) is 10.0. The third-order valence-corrected chi connectivity index (χ3v) is 5.56. The van der Waals surface area contributed by atoms with Crippen LogP contribution in [-0.2, 0) is 6.18 Å². The second-order valence-electron chi connectivity index (χ2n) is 7.48. The lowest BCUT2D eigenvalue weighted by Gasteiger charge is -2.31. The molecular formula is C22H21F3N4S. The summed E-state index contributed by atoms with van der Waals surface area (Å²) in [6.07, 6.45) is -0.901. The Labute approximate surface area is 178 Å². The van der Waals surface area contributed by atoms with Crippen LogP contribution in [-0.4, -0.2) is 25.6 Å². The molecule has 3 heterocycles. The molecule has 0 radical (unpaired) electrons. The number of aromatic nitrogens is 2. The molecule has 1 aromatic carbocycles. The van der Waals surface area contributed by atoms with Crippen LogP contribution < -0.4 is 5.32 Å². The van der Waals surface area contributed by atoms with Gasteiger partial charge in [0.15, 0.2) is 5.11 Å². The molecule has 0 spiro atoms. The van der Waals surface area contributed by atoms with Gasteiger partial charge in [0, 0.05) is 29.8 Å². The first kappa shape index (κ1) is 20.4. The van der Waals surface area contributed by atoms with Gasteiger partial charge in [-0.15, -0.1) is 0 Å². The molecule has 0 aliphatic carbocycles. The first-order valence-electron chi connectivity index (χ1n) is 9.62. The van der Waals surface area contributed by atoms with E-state index in [2.05, 4.69) is 15.2 Å². The van der Waals surface area contributed by atoms with Crippen molar-refractivity contribution in [2.45, 2.75) is 38.1 Å². The summed E-state index contributed by atoms with van der Waals surface area (Å²) >= 11 is 5.60. The maximum absolute atomic E-state index is 13.3. The SMILES string of the molecule is CC(C)N1C(=S)N[C@H](c2ccccn2)[C@@H]1c1cccn1-c1cccc(C(F)(F)F)c1. The molecule has 4 rings (SSSR count). The number of nitrogens with one attached hydrogen (secondary N) is 1. The van der Waals surface area contributed by atoms with Gasteiger partial charge in [-0.1, -0.05) is 12.1 Å². The number of rotatable bonds is 4. The van der Waals surface area contributed by atoms with Gasteiger partial charge >= 0.3 is 6.18 Å². The standard InChI is InChI=1S/C22H21F3N4S/c1-14(2)29-20(19(27-21(29)30)17-9-3-4-11-26-17)18-10-6-12-28(18)16-8-5-7-15(13-16)22(23,24)25/h3-14,19-20H,1-2H3,(H,27,30)/t19-,20+/m1/s1. The molecule has 0 unspecified atom stereocenters. The topological polar surface area (TPSA) is 33.1 Å². The Morgan fingerprint density at radius 1 is 1.07 bits per heavy atom. The number of benzene rings is 1. The van der Waals surface area contributed by atoms with Crippen LogP contribution in [0.4, 0.5) is 13.2 Å². The zero-order chi connectivity index (χ0) is 21.5. The number of halogens is 3. The smallest absolute Gasteiger partial charge is 0.352 e. The fraction of sp³-hybridized carbons (Fsp3) is 0.273. The molecule has 3 aromatic rings. The highest BCUT2D eigenvalue weighted by atomic mass is 32.1. The summed E-state index contributed by atoms with van der Waals surface area (Å²) in [7, 11) is 0. The highest BCUT2D eigenvalue weighted by Crippen LogP contribution is 2.41. The fourth-order valence-electron chi connectivity index (χ4n) is 3.94. The lowest BCUT2D eigenvalue weighted by Crippen LogP contribution is -2.36. The van der Waals surface area contributed by atoms with E-state index in [1.54, 1.807) is 23.0 Å². The van der Waals surface area contributed by atoms with Crippen LogP contribution >= 0.6 is 12.2 Å². The molecule has 30 heavy (non-hydrogen) atoms. The van der Waals surface area contributed by atoms with Crippen molar-refractivity contribution in [1.29, 1.82) is 0 Å². The van der Waals surface area contributed by atoms with Gasteiger partial charge in [0.1, 0.15) is 0 Å². The average Bonchev–Trinajstić information content (AvgIpc) is 3.32. The Hall–Kier alpha value is -2.87. The molecule has 0 saturated carbocycles. The lowest BCUT2D eigenvalue weighted by atomic mass is 10.00. The zero-order valence-corrected chi connectivity index (χ0v) is 17.3. The molecule has 0 amide bonds. The highest BCUT2D eigenvalue weighted by molar-refractivity contribution is 7.80. The van der Waals surface area contributed by atoms with E-state index in [-0.39, 0.29) is 18.1 Å². The van der Waals surface area contributed by atoms with Crippen molar-refractivity contribution in [1.82, 2.24) is 19.8 Å². The van der Waals surface area contributed by atoms with E-state index in [0.29, 0.717) is 10.8 Å². The van der Waals surface area contributed by atoms with Crippen LogP contribution in [0.1, 0.15) is 42.9 Å². The minimum Gasteiger partial charge on any atom is -0.352 e. The molecule has 2 atom stereocenters. The van der Waals surface area contributed by atoms with E-state index < -0.39 is 11.7 Å². The highest BCUT2D eigenvalue weighted by Gasteiger charge is 2.42. The lowest BCUT2D eigenvalue weighted by molar-refractivity contribution is -0.137. The van der Waals surface area contributed by atoms with Gasteiger partial charge in [0.25, 0.3) is 0 Å². The zero-order valence-electron chi connectivity index (χ0n) is 16.5. The Morgan fingerprint density at radius 3 is 2.53 bits per heavy atom. The van der Waals surface area contributed by atoms with E-state index in [0.717, 1.165) is 17.5 Å². The average molecular weight is 430 g/mol. The van der Waals surface area contributed by atoms with Crippen molar-refractivity contribution in [2.75, 3.05) is 0 Å². The molecule has 1 saturated heterocycles. The quantitative estimate of drug-likeness (QED) is 0.572. The fourth-order valence-corrected chi connectivity index (χ4v) is 4.39. The molecule has 2 aromatic heterocycles. The van der Waals surface area contributed by atoms with Gasteiger partial charge < -0.3 is 14.8 Å². The Kier molecular flexibility index (Phi) is 5.27. The molecule has 4 nitrogen and oxygen atoms in total. The second-order valence-corrected chi connectivity index (χ2v) is 7.87. The molecule has 1 aliphatic heterocycles. The van der Waals surface area contributed by atoms with Crippen molar-refractivity contribution in [2.24, 2.45) is 0 Å².